The Bertz CT molecular complexity index is 634. The van der Waals surface area contributed by atoms with E-state index in [0.29, 0.717) is 18.7 Å². The third-order valence-electron chi connectivity index (χ3n) is 4.13. The maximum atomic E-state index is 11.8. The van der Waals surface area contributed by atoms with Crippen LogP contribution in [0.4, 0.5) is 0 Å². The van der Waals surface area contributed by atoms with E-state index in [1.165, 1.54) is 0 Å². The molecule has 0 aromatic heterocycles. The first kappa shape index (κ1) is 21.2. The molecule has 1 aliphatic heterocycles. The first-order valence-corrected chi connectivity index (χ1v) is 8.29. The SMILES string of the molecule is CCOC(=O)C1CCN(C(=NC)NCc2cccc(C#N)c2)CC1.I. The average molecular weight is 456 g/mol. The summed E-state index contributed by atoms with van der Waals surface area (Å²) in [6.45, 7) is 4.44. The van der Waals surface area contributed by atoms with Gasteiger partial charge in [-0.15, -0.1) is 24.0 Å². The highest BCUT2D eigenvalue weighted by molar-refractivity contribution is 14.0. The van der Waals surface area contributed by atoms with Gasteiger partial charge in [-0.2, -0.15) is 5.26 Å². The van der Waals surface area contributed by atoms with Gasteiger partial charge >= 0.3 is 5.97 Å². The van der Waals surface area contributed by atoms with Gasteiger partial charge in [-0.25, -0.2) is 0 Å². The lowest BCUT2D eigenvalue weighted by Gasteiger charge is -2.33. The zero-order valence-electron chi connectivity index (χ0n) is 14.7. The van der Waals surface area contributed by atoms with Crippen molar-refractivity contribution in [3.8, 4) is 6.07 Å². The van der Waals surface area contributed by atoms with Crippen LogP contribution in [0, 0.1) is 17.2 Å². The Hall–Kier alpha value is -1.82. The van der Waals surface area contributed by atoms with Crippen molar-refractivity contribution in [3.63, 3.8) is 0 Å². The van der Waals surface area contributed by atoms with Gasteiger partial charge in [0.15, 0.2) is 5.96 Å². The number of benzene rings is 1. The molecule has 1 fully saturated rings. The van der Waals surface area contributed by atoms with Gasteiger partial charge in [-0.3, -0.25) is 9.79 Å². The van der Waals surface area contributed by atoms with Crippen LogP contribution in [0.25, 0.3) is 0 Å². The Morgan fingerprint density at radius 1 is 1.44 bits per heavy atom. The van der Waals surface area contributed by atoms with Gasteiger partial charge in [-0.05, 0) is 37.5 Å². The molecule has 0 saturated carbocycles. The molecule has 1 aromatic carbocycles. The largest absolute Gasteiger partial charge is 0.466 e. The van der Waals surface area contributed by atoms with Crippen molar-refractivity contribution in [3.05, 3.63) is 35.4 Å². The molecule has 25 heavy (non-hydrogen) atoms. The Morgan fingerprint density at radius 3 is 2.76 bits per heavy atom. The predicted octanol–water partition coefficient (Wildman–Crippen LogP) is 2.53. The Labute approximate surface area is 166 Å². The van der Waals surface area contributed by atoms with E-state index in [-0.39, 0.29) is 35.9 Å². The quantitative estimate of drug-likeness (QED) is 0.326. The molecule has 0 unspecified atom stereocenters. The van der Waals surface area contributed by atoms with Crippen molar-refractivity contribution in [1.82, 2.24) is 10.2 Å². The third-order valence-corrected chi connectivity index (χ3v) is 4.13. The summed E-state index contributed by atoms with van der Waals surface area (Å²) in [7, 11) is 1.76. The van der Waals surface area contributed by atoms with Crippen LogP contribution >= 0.6 is 24.0 Å². The van der Waals surface area contributed by atoms with Crippen molar-refractivity contribution < 1.29 is 9.53 Å². The maximum absolute atomic E-state index is 11.8. The monoisotopic (exact) mass is 456 g/mol. The fraction of sp³-hybridized carbons (Fsp3) is 0.500. The summed E-state index contributed by atoms with van der Waals surface area (Å²) in [5.74, 6) is 0.722. The number of piperidine rings is 1. The lowest BCUT2D eigenvalue weighted by atomic mass is 9.97. The smallest absolute Gasteiger partial charge is 0.309 e. The summed E-state index contributed by atoms with van der Waals surface area (Å²) >= 11 is 0. The molecule has 7 heteroatoms. The molecule has 1 aliphatic rings. The zero-order chi connectivity index (χ0) is 17.4. The molecule has 0 atom stereocenters. The Balaban J connectivity index is 0.00000312. The number of carbonyl (C=O) groups is 1. The van der Waals surface area contributed by atoms with Crippen molar-refractivity contribution in [2.45, 2.75) is 26.3 Å². The van der Waals surface area contributed by atoms with Crippen LogP contribution in [-0.4, -0.2) is 43.6 Å². The van der Waals surface area contributed by atoms with E-state index < -0.39 is 0 Å². The first-order chi connectivity index (χ1) is 11.7. The lowest BCUT2D eigenvalue weighted by Crippen LogP contribution is -2.46. The van der Waals surface area contributed by atoms with E-state index in [2.05, 4.69) is 21.3 Å². The number of carbonyl (C=O) groups excluding carboxylic acids is 1. The summed E-state index contributed by atoms with van der Waals surface area (Å²) < 4.78 is 5.10. The fourth-order valence-electron chi connectivity index (χ4n) is 2.85. The number of rotatable bonds is 4. The van der Waals surface area contributed by atoms with Gasteiger partial charge < -0.3 is 15.0 Å². The number of nitrogens with zero attached hydrogens (tertiary/aromatic N) is 3. The molecule has 1 N–H and O–H groups in total. The van der Waals surface area contributed by atoms with E-state index in [4.69, 9.17) is 10.00 Å². The Morgan fingerprint density at radius 2 is 2.16 bits per heavy atom. The molecule has 0 radical (unpaired) electrons. The number of halogens is 1. The topological polar surface area (TPSA) is 77.7 Å². The van der Waals surface area contributed by atoms with E-state index in [1.54, 1.807) is 13.1 Å². The lowest BCUT2D eigenvalue weighted by molar-refractivity contribution is -0.149. The molecule has 0 spiro atoms. The van der Waals surface area contributed by atoms with E-state index in [9.17, 15) is 4.79 Å². The van der Waals surface area contributed by atoms with Crippen LogP contribution < -0.4 is 5.32 Å². The number of ether oxygens (including phenoxy) is 1. The van der Waals surface area contributed by atoms with Crippen molar-refractivity contribution >= 4 is 35.9 Å². The standard InChI is InChI=1S/C18H24N4O2.HI/c1-3-24-17(23)16-7-9-22(10-8-16)18(20-2)21-13-15-6-4-5-14(11-15)12-19;/h4-6,11,16H,3,7-10,13H2,1-2H3,(H,20,21);1H. The van der Waals surface area contributed by atoms with Gasteiger partial charge in [0.1, 0.15) is 0 Å². The minimum Gasteiger partial charge on any atom is -0.466 e. The first-order valence-electron chi connectivity index (χ1n) is 8.29. The number of nitriles is 1. The molecule has 136 valence electrons. The highest BCUT2D eigenvalue weighted by Crippen LogP contribution is 2.18. The number of esters is 1. The highest BCUT2D eigenvalue weighted by Gasteiger charge is 2.27. The normalized spacial score (nSPS) is 15.1. The fourth-order valence-corrected chi connectivity index (χ4v) is 2.85. The van der Waals surface area contributed by atoms with Crippen LogP contribution in [0.2, 0.25) is 0 Å². The van der Waals surface area contributed by atoms with Crippen LogP contribution in [0.5, 0.6) is 0 Å². The summed E-state index contributed by atoms with van der Waals surface area (Å²) in [4.78, 5) is 18.3. The van der Waals surface area contributed by atoms with Gasteiger partial charge in [0.2, 0.25) is 0 Å². The third kappa shape index (κ3) is 6.20. The van der Waals surface area contributed by atoms with Crippen LogP contribution in [0.15, 0.2) is 29.3 Å². The van der Waals surface area contributed by atoms with Crippen molar-refractivity contribution in [2.24, 2.45) is 10.9 Å². The number of hydrogen-bond acceptors (Lipinski definition) is 4. The molecule has 0 bridgehead atoms. The second-order valence-corrected chi connectivity index (χ2v) is 5.73. The van der Waals surface area contributed by atoms with Gasteiger partial charge in [0.25, 0.3) is 0 Å². The maximum Gasteiger partial charge on any atom is 0.309 e. The molecule has 0 amide bonds. The zero-order valence-corrected chi connectivity index (χ0v) is 17.0. The molecule has 1 heterocycles. The highest BCUT2D eigenvalue weighted by atomic mass is 127. The minimum atomic E-state index is -0.0894. The van der Waals surface area contributed by atoms with Crippen molar-refractivity contribution in [1.29, 1.82) is 5.26 Å². The summed E-state index contributed by atoms with van der Waals surface area (Å²) in [5, 5.41) is 12.3. The molecule has 1 aromatic rings. The number of guanidine groups is 1. The number of likely N-dealkylation sites (tertiary alicyclic amines) is 1. The van der Waals surface area contributed by atoms with Gasteiger partial charge in [-0.1, -0.05) is 12.1 Å². The molecular formula is C18H25IN4O2. The number of hydrogen-bond donors (Lipinski definition) is 1. The molecular weight excluding hydrogens is 431 g/mol. The summed E-state index contributed by atoms with van der Waals surface area (Å²) in [6, 6.07) is 9.66. The summed E-state index contributed by atoms with van der Waals surface area (Å²) in [6.07, 6.45) is 1.56. The molecule has 6 nitrogen and oxygen atoms in total. The van der Waals surface area contributed by atoms with Crippen LogP contribution in [-0.2, 0) is 16.1 Å². The molecule has 1 saturated heterocycles. The molecule has 2 rings (SSSR count). The average Bonchev–Trinajstić information content (AvgIpc) is 2.63. The van der Waals surface area contributed by atoms with E-state index in [1.807, 2.05) is 25.1 Å². The van der Waals surface area contributed by atoms with Gasteiger partial charge in [0.05, 0.1) is 24.2 Å². The Kier molecular flexibility index (Phi) is 9.27. The number of nitrogens with one attached hydrogen (secondary N) is 1. The summed E-state index contributed by atoms with van der Waals surface area (Å²) in [5.41, 5.74) is 1.69. The van der Waals surface area contributed by atoms with Crippen LogP contribution in [0.3, 0.4) is 0 Å². The number of aliphatic imine (C=N–C) groups is 1. The predicted molar refractivity (Wildman–Crippen MR) is 108 cm³/mol. The van der Waals surface area contributed by atoms with Crippen molar-refractivity contribution in [2.75, 3.05) is 26.7 Å². The van der Waals surface area contributed by atoms with Crippen LogP contribution in [0.1, 0.15) is 30.9 Å². The second kappa shape index (κ2) is 10.9. The molecule has 0 aliphatic carbocycles. The van der Waals surface area contributed by atoms with E-state index in [0.717, 1.165) is 37.5 Å². The minimum absolute atomic E-state index is 0. The van der Waals surface area contributed by atoms with E-state index >= 15 is 0 Å². The van der Waals surface area contributed by atoms with Gasteiger partial charge in [0, 0.05) is 26.7 Å². The second-order valence-electron chi connectivity index (χ2n) is 5.73.